The SMILES string of the molecule is CCC(C)C(NC(=O)C(CCCN=C(N)N)NC(=O)C(Cc1ccc(O)cc1)NC(=O)C(Cc1ccccc1)NC(=O)C(CCCN=C(N)N)NC(=O)C(C)(C)C)C(=O)NC(CCCCN)C(N)=O. The Morgan fingerprint density at radius 1 is 0.565 bits per heavy atom. The van der Waals surface area contributed by atoms with E-state index in [2.05, 4.69) is 41.9 Å². The van der Waals surface area contributed by atoms with Gasteiger partial charge in [-0.1, -0.05) is 83.5 Å². The van der Waals surface area contributed by atoms with Crippen molar-refractivity contribution in [3.05, 3.63) is 65.7 Å². The Labute approximate surface area is 404 Å². The average Bonchev–Trinajstić information content (AvgIpc) is 3.29. The molecule has 0 bridgehead atoms. The standard InChI is InChI=1S/C47H76N14O8/c1-6-28(2)37(43(68)56-32(38(49)63)16-10-11-23-48)61-40(65)33(17-12-24-54-45(50)51)57-41(66)36(27-30-19-21-31(62)22-20-30)59-42(67)35(26-29-14-8-7-9-15-29)58-39(64)34(18-13-25-55-46(52)53)60-44(69)47(3,4)5/h7-9,14-15,19-22,28,32-37,62H,6,10-13,16-18,23-27,48H2,1-5H3,(H2,49,63)(H,56,68)(H,57,66)(H,58,64)(H,59,67)(H,60,69)(H,61,65)(H4,50,51,54)(H4,52,53,55). The number of carbonyl (C=O) groups excluding carboxylic acids is 7. The van der Waals surface area contributed by atoms with Crippen molar-refractivity contribution in [3.63, 3.8) is 0 Å². The number of guanidine groups is 2. The summed E-state index contributed by atoms with van der Waals surface area (Å²) in [5, 5.41) is 26.5. The zero-order valence-corrected chi connectivity index (χ0v) is 40.6. The molecular weight excluding hydrogens is 889 g/mol. The molecule has 2 aromatic carbocycles. The van der Waals surface area contributed by atoms with Crippen molar-refractivity contribution in [2.45, 2.75) is 135 Å². The Morgan fingerprint density at radius 3 is 1.46 bits per heavy atom. The number of phenolic OH excluding ortho intramolecular Hbond substituents is 1. The minimum atomic E-state index is -1.39. The van der Waals surface area contributed by atoms with Gasteiger partial charge in [-0.05, 0) is 80.7 Å². The van der Waals surface area contributed by atoms with Gasteiger partial charge in [0.25, 0.3) is 0 Å². The van der Waals surface area contributed by atoms with E-state index in [1.54, 1.807) is 70.2 Å². The summed E-state index contributed by atoms with van der Waals surface area (Å²) in [5.41, 5.74) is 33.6. The molecule has 2 rings (SSSR count). The molecule has 2 aromatic rings. The fraction of sp³-hybridized carbons (Fsp3) is 0.553. The highest BCUT2D eigenvalue weighted by molar-refractivity contribution is 5.97. The molecule has 0 spiro atoms. The zero-order valence-electron chi connectivity index (χ0n) is 40.6. The van der Waals surface area contributed by atoms with Gasteiger partial charge in [-0.2, -0.15) is 0 Å². The highest BCUT2D eigenvalue weighted by atomic mass is 16.3. The fourth-order valence-electron chi connectivity index (χ4n) is 6.87. The van der Waals surface area contributed by atoms with Crippen LogP contribution < -0.4 is 66.3 Å². The van der Waals surface area contributed by atoms with E-state index in [9.17, 15) is 38.7 Å². The second-order valence-corrected chi connectivity index (χ2v) is 18.0. The maximum atomic E-state index is 14.6. The number of hydrogen-bond donors (Lipinski definition) is 13. The van der Waals surface area contributed by atoms with Gasteiger partial charge in [0.2, 0.25) is 41.4 Å². The second kappa shape index (κ2) is 29.7. The molecule has 0 heterocycles. The number of phenols is 1. The van der Waals surface area contributed by atoms with E-state index in [1.165, 1.54) is 12.1 Å². The van der Waals surface area contributed by atoms with Crippen molar-refractivity contribution >= 4 is 53.3 Å². The first-order valence-corrected chi connectivity index (χ1v) is 23.3. The second-order valence-electron chi connectivity index (χ2n) is 18.0. The number of primary amides is 1. The number of carbonyl (C=O) groups is 7. The lowest BCUT2D eigenvalue weighted by Crippen LogP contribution is -2.61. The van der Waals surface area contributed by atoms with Crippen molar-refractivity contribution in [2.75, 3.05) is 19.6 Å². The van der Waals surface area contributed by atoms with Crippen molar-refractivity contribution in [3.8, 4) is 5.75 Å². The van der Waals surface area contributed by atoms with Gasteiger partial charge in [-0.15, -0.1) is 0 Å². The number of aromatic hydroxyl groups is 1. The van der Waals surface area contributed by atoms with Crippen LogP contribution in [0.4, 0.5) is 0 Å². The highest BCUT2D eigenvalue weighted by Crippen LogP contribution is 2.16. The Kier molecular flexibility index (Phi) is 25.0. The summed E-state index contributed by atoms with van der Waals surface area (Å²) in [7, 11) is 0. The summed E-state index contributed by atoms with van der Waals surface area (Å²) >= 11 is 0. The van der Waals surface area contributed by atoms with Crippen LogP contribution in [0.25, 0.3) is 0 Å². The molecule has 0 fully saturated rings. The van der Waals surface area contributed by atoms with Crippen LogP contribution in [0.2, 0.25) is 0 Å². The molecule has 22 heteroatoms. The highest BCUT2D eigenvalue weighted by Gasteiger charge is 2.35. The van der Waals surface area contributed by atoms with Gasteiger partial charge in [0.05, 0.1) is 0 Å². The fourth-order valence-corrected chi connectivity index (χ4v) is 6.87. The molecule has 0 aliphatic carbocycles. The van der Waals surface area contributed by atoms with Gasteiger partial charge < -0.3 is 71.4 Å². The number of rotatable bonds is 30. The van der Waals surface area contributed by atoms with Crippen LogP contribution in [0.5, 0.6) is 5.75 Å². The molecule has 0 saturated heterocycles. The predicted molar refractivity (Wildman–Crippen MR) is 264 cm³/mol. The topological polar surface area (TPSA) is 393 Å². The molecule has 0 saturated carbocycles. The lowest BCUT2D eigenvalue weighted by atomic mass is 9.94. The number of nitrogens with zero attached hydrogens (tertiary/aromatic N) is 2. The number of amides is 7. The quantitative estimate of drug-likeness (QED) is 0.0252. The van der Waals surface area contributed by atoms with Crippen LogP contribution in [0.15, 0.2) is 64.6 Å². The maximum absolute atomic E-state index is 14.6. The van der Waals surface area contributed by atoms with Crippen molar-refractivity contribution < 1.29 is 38.7 Å². The van der Waals surface area contributed by atoms with Crippen molar-refractivity contribution in [2.24, 2.45) is 55.7 Å². The summed E-state index contributed by atoms with van der Waals surface area (Å²) < 4.78 is 0. The molecule has 69 heavy (non-hydrogen) atoms. The summed E-state index contributed by atoms with van der Waals surface area (Å²) in [6.45, 7) is 9.27. The molecule has 382 valence electrons. The largest absolute Gasteiger partial charge is 0.508 e. The zero-order chi connectivity index (χ0) is 51.7. The summed E-state index contributed by atoms with van der Waals surface area (Å²) in [5.74, 6) is -5.65. The first-order chi connectivity index (χ1) is 32.6. The van der Waals surface area contributed by atoms with E-state index in [0.29, 0.717) is 43.4 Å². The van der Waals surface area contributed by atoms with Gasteiger partial charge in [0.1, 0.15) is 42.0 Å². The number of benzene rings is 2. The Bertz CT molecular complexity index is 2040. The van der Waals surface area contributed by atoms with Crippen LogP contribution in [0.3, 0.4) is 0 Å². The van der Waals surface area contributed by atoms with E-state index >= 15 is 0 Å². The molecule has 0 aliphatic heterocycles. The van der Waals surface area contributed by atoms with Crippen LogP contribution in [-0.4, -0.2) is 114 Å². The van der Waals surface area contributed by atoms with Gasteiger partial charge in [-0.25, -0.2) is 0 Å². The first kappa shape index (κ1) is 58.2. The molecule has 19 N–H and O–H groups in total. The van der Waals surface area contributed by atoms with E-state index in [0.717, 1.165) is 0 Å². The minimum absolute atomic E-state index is 0.0242. The summed E-state index contributed by atoms with van der Waals surface area (Å²) in [6, 6.07) is 7.47. The third-order valence-electron chi connectivity index (χ3n) is 11.2. The molecule has 22 nitrogen and oxygen atoms in total. The average molecular weight is 965 g/mol. The maximum Gasteiger partial charge on any atom is 0.243 e. The van der Waals surface area contributed by atoms with Crippen LogP contribution in [-0.2, 0) is 46.4 Å². The van der Waals surface area contributed by atoms with Gasteiger partial charge in [0.15, 0.2) is 11.9 Å². The van der Waals surface area contributed by atoms with E-state index < -0.39 is 88.9 Å². The number of hydrogen-bond acceptors (Lipinski definition) is 11. The Hall–Kier alpha value is -6.97. The normalized spacial score (nSPS) is 14.2. The van der Waals surface area contributed by atoms with Gasteiger partial charge in [0, 0.05) is 31.3 Å². The number of aliphatic imine (C=N–C) groups is 2. The number of unbranched alkanes of at least 4 members (excludes halogenated alkanes) is 1. The third-order valence-corrected chi connectivity index (χ3v) is 11.2. The number of nitrogens with one attached hydrogen (secondary N) is 6. The molecule has 0 aliphatic rings. The van der Waals surface area contributed by atoms with Crippen molar-refractivity contribution in [1.29, 1.82) is 0 Å². The predicted octanol–water partition coefficient (Wildman–Crippen LogP) is -1.10. The molecule has 7 unspecified atom stereocenters. The molecule has 0 aromatic heterocycles. The Morgan fingerprint density at radius 2 is 1.00 bits per heavy atom. The summed E-state index contributed by atoms with van der Waals surface area (Å²) in [4.78, 5) is 105. The smallest absolute Gasteiger partial charge is 0.243 e. The van der Waals surface area contributed by atoms with E-state index in [-0.39, 0.29) is 69.3 Å². The van der Waals surface area contributed by atoms with Crippen LogP contribution in [0, 0.1) is 11.3 Å². The number of nitrogens with two attached hydrogens (primary N) is 6. The van der Waals surface area contributed by atoms with E-state index in [4.69, 9.17) is 34.4 Å². The lowest BCUT2D eigenvalue weighted by Gasteiger charge is -2.29. The van der Waals surface area contributed by atoms with E-state index in [1.807, 2.05) is 6.92 Å². The molecule has 7 amide bonds. The van der Waals surface area contributed by atoms with Gasteiger partial charge >= 0.3 is 0 Å². The molecular formula is C47H76N14O8. The molecule has 7 atom stereocenters. The van der Waals surface area contributed by atoms with Crippen LogP contribution in [0.1, 0.15) is 97.1 Å². The third kappa shape index (κ3) is 22.1. The Balaban J connectivity index is 2.58. The van der Waals surface area contributed by atoms with Crippen molar-refractivity contribution in [1.82, 2.24) is 31.9 Å². The summed E-state index contributed by atoms with van der Waals surface area (Å²) in [6.07, 6.45) is 2.22. The lowest BCUT2D eigenvalue weighted by molar-refractivity contribution is -0.136. The van der Waals surface area contributed by atoms with Crippen LogP contribution >= 0.6 is 0 Å². The molecule has 0 radical (unpaired) electrons. The van der Waals surface area contributed by atoms with Gasteiger partial charge in [-0.3, -0.25) is 43.5 Å². The first-order valence-electron chi connectivity index (χ1n) is 23.3. The monoisotopic (exact) mass is 965 g/mol. The minimum Gasteiger partial charge on any atom is -0.508 e.